The summed E-state index contributed by atoms with van der Waals surface area (Å²) >= 11 is 0. The second kappa shape index (κ2) is 12.1. The van der Waals surface area contributed by atoms with E-state index < -0.39 is 11.7 Å². The minimum absolute atomic E-state index is 0.0467. The number of hydrogen-bond donors (Lipinski definition) is 1. The van der Waals surface area contributed by atoms with Gasteiger partial charge in [0.15, 0.2) is 0 Å². The average Bonchev–Trinajstić information content (AvgIpc) is 3.71. The van der Waals surface area contributed by atoms with Crippen molar-refractivity contribution in [2.24, 2.45) is 0 Å². The molecule has 1 aromatic heterocycles. The van der Waals surface area contributed by atoms with Gasteiger partial charge in [-0.25, -0.2) is 4.98 Å². The van der Waals surface area contributed by atoms with E-state index in [0.29, 0.717) is 34.6 Å². The van der Waals surface area contributed by atoms with Crippen LogP contribution in [0, 0.1) is 11.3 Å². The summed E-state index contributed by atoms with van der Waals surface area (Å²) in [6.45, 7) is 3.96. The van der Waals surface area contributed by atoms with Crippen LogP contribution in [0.4, 0.5) is 19.0 Å². The summed E-state index contributed by atoms with van der Waals surface area (Å²) in [7, 11) is 0. The number of amides is 1. The molecule has 0 saturated carbocycles. The molecule has 2 aliphatic heterocycles. The molecule has 0 unspecified atom stereocenters. The van der Waals surface area contributed by atoms with Crippen LogP contribution in [0.1, 0.15) is 52.7 Å². The van der Waals surface area contributed by atoms with Crippen molar-refractivity contribution in [1.82, 2.24) is 14.8 Å². The second-order valence-corrected chi connectivity index (χ2v) is 11.3. The first-order valence-corrected chi connectivity index (χ1v) is 14.7. The van der Waals surface area contributed by atoms with Gasteiger partial charge in [-0.1, -0.05) is 30.3 Å². The fraction of sp³-hybridized carbons (Fsp3) is 0.324. The zero-order valence-electron chi connectivity index (χ0n) is 23.7. The number of pyridine rings is 1. The van der Waals surface area contributed by atoms with Crippen LogP contribution < -0.4 is 5.32 Å². The molecule has 0 radical (unpaired) electrons. The lowest BCUT2D eigenvalue weighted by molar-refractivity contribution is -0.137. The quantitative estimate of drug-likeness (QED) is 0.251. The van der Waals surface area contributed by atoms with Gasteiger partial charge in [-0.3, -0.25) is 4.79 Å². The number of hydrogen-bond acceptors (Lipinski definition) is 5. The molecule has 0 bridgehead atoms. The summed E-state index contributed by atoms with van der Waals surface area (Å²) in [5, 5.41) is 13.3. The Labute approximate surface area is 248 Å². The van der Waals surface area contributed by atoms with E-state index in [9.17, 15) is 23.2 Å². The van der Waals surface area contributed by atoms with Gasteiger partial charge in [0, 0.05) is 31.1 Å². The Morgan fingerprint density at radius 1 is 0.953 bits per heavy atom. The highest BCUT2D eigenvalue weighted by atomic mass is 19.4. The van der Waals surface area contributed by atoms with Crippen molar-refractivity contribution in [1.29, 1.82) is 5.26 Å². The zero-order chi connectivity index (χ0) is 30.0. The fourth-order valence-electron chi connectivity index (χ4n) is 6.16. The molecule has 6 rings (SSSR count). The lowest BCUT2D eigenvalue weighted by atomic mass is 9.99. The Bertz CT molecular complexity index is 1670. The first-order chi connectivity index (χ1) is 20.8. The number of benzene rings is 3. The number of carbonyl (C=O) groups is 1. The van der Waals surface area contributed by atoms with Crippen LogP contribution in [-0.4, -0.2) is 52.9 Å². The Balaban J connectivity index is 1.34. The molecule has 43 heavy (non-hydrogen) atoms. The zero-order valence-corrected chi connectivity index (χ0v) is 23.7. The summed E-state index contributed by atoms with van der Waals surface area (Å²) < 4.78 is 39.0. The summed E-state index contributed by atoms with van der Waals surface area (Å²) in [4.78, 5) is 23.5. The van der Waals surface area contributed by atoms with Gasteiger partial charge in [0.2, 0.25) is 0 Å². The highest BCUT2D eigenvalue weighted by molar-refractivity contribution is 6.08. The summed E-state index contributed by atoms with van der Waals surface area (Å²) in [6, 6.07) is 22.2. The first-order valence-electron chi connectivity index (χ1n) is 14.7. The smallest absolute Gasteiger partial charge is 0.366 e. The molecule has 1 amide bonds. The van der Waals surface area contributed by atoms with Crippen LogP contribution in [0.25, 0.3) is 22.0 Å². The first kappa shape index (κ1) is 28.7. The van der Waals surface area contributed by atoms with E-state index in [4.69, 9.17) is 4.98 Å². The minimum Gasteiger partial charge on any atom is -0.366 e. The number of anilines is 1. The van der Waals surface area contributed by atoms with Crippen LogP contribution in [0.15, 0.2) is 72.8 Å². The van der Waals surface area contributed by atoms with Crippen molar-refractivity contribution >= 4 is 22.6 Å². The number of carbonyl (C=O) groups excluding carboxylic acids is 1. The van der Waals surface area contributed by atoms with Gasteiger partial charge >= 0.3 is 6.18 Å². The molecule has 0 aliphatic carbocycles. The molecule has 4 aromatic rings. The number of nitrogens with zero attached hydrogens (tertiary/aromatic N) is 4. The van der Waals surface area contributed by atoms with Gasteiger partial charge in [0.1, 0.15) is 5.82 Å². The second-order valence-electron chi connectivity index (χ2n) is 11.3. The van der Waals surface area contributed by atoms with E-state index in [0.717, 1.165) is 61.1 Å². The van der Waals surface area contributed by atoms with Crippen LogP contribution >= 0.6 is 0 Å². The molecule has 2 fully saturated rings. The van der Waals surface area contributed by atoms with Crippen LogP contribution in [0.5, 0.6) is 0 Å². The Morgan fingerprint density at radius 3 is 2.47 bits per heavy atom. The van der Waals surface area contributed by atoms with Crippen molar-refractivity contribution in [2.45, 2.75) is 44.4 Å². The normalized spacial score (nSPS) is 17.3. The fourth-order valence-corrected chi connectivity index (χ4v) is 6.16. The summed E-state index contributed by atoms with van der Waals surface area (Å²) in [6.07, 6.45) is -0.0775. The Kier molecular flexibility index (Phi) is 8.04. The molecule has 1 N–H and O–H groups in total. The highest BCUT2D eigenvalue weighted by Crippen LogP contribution is 2.32. The third-order valence-corrected chi connectivity index (χ3v) is 8.42. The van der Waals surface area contributed by atoms with Crippen molar-refractivity contribution in [3.8, 4) is 17.2 Å². The molecule has 1 atom stereocenters. The SMILES string of the molecule is N#Cc1cccc(-c2ccc3nc(NCc4ccc(C(F)(F)F)cc4)cc(C(=O)N4CCC[C@H]4CN4CCCC4)c3c2)c1. The number of likely N-dealkylation sites (tertiary alicyclic amines) is 2. The van der Waals surface area contributed by atoms with E-state index >= 15 is 0 Å². The predicted octanol–water partition coefficient (Wildman–Crippen LogP) is 7.10. The third kappa shape index (κ3) is 6.35. The van der Waals surface area contributed by atoms with Gasteiger partial charge < -0.3 is 15.1 Å². The molecule has 0 spiro atoms. The number of nitrogens with one attached hydrogen (secondary N) is 1. The largest absolute Gasteiger partial charge is 0.416 e. The van der Waals surface area contributed by atoms with Crippen molar-refractivity contribution in [2.75, 3.05) is 31.5 Å². The van der Waals surface area contributed by atoms with E-state index in [1.54, 1.807) is 12.1 Å². The monoisotopic (exact) mass is 583 g/mol. The van der Waals surface area contributed by atoms with Gasteiger partial charge in [0.05, 0.1) is 28.3 Å². The lowest BCUT2D eigenvalue weighted by Gasteiger charge is -2.29. The molecule has 6 nitrogen and oxygen atoms in total. The average molecular weight is 584 g/mol. The van der Waals surface area contributed by atoms with Crippen molar-refractivity contribution < 1.29 is 18.0 Å². The topological polar surface area (TPSA) is 72.3 Å². The Hall–Kier alpha value is -4.42. The maximum atomic E-state index is 14.3. The number of rotatable bonds is 7. The Morgan fingerprint density at radius 2 is 1.72 bits per heavy atom. The minimum atomic E-state index is -4.39. The number of alkyl halides is 3. The maximum Gasteiger partial charge on any atom is 0.416 e. The number of halogens is 3. The molecule has 9 heteroatoms. The van der Waals surface area contributed by atoms with E-state index in [1.165, 1.54) is 25.0 Å². The molecule has 3 aromatic carbocycles. The van der Waals surface area contributed by atoms with Gasteiger partial charge in [-0.05, 0) is 97.9 Å². The lowest BCUT2D eigenvalue weighted by Crippen LogP contribution is -2.42. The van der Waals surface area contributed by atoms with E-state index in [-0.39, 0.29) is 18.5 Å². The predicted molar refractivity (Wildman–Crippen MR) is 160 cm³/mol. The number of nitriles is 1. The van der Waals surface area contributed by atoms with Gasteiger partial charge in [0.25, 0.3) is 5.91 Å². The molecule has 220 valence electrons. The summed E-state index contributed by atoms with van der Waals surface area (Å²) in [5.41, 5.74) is 3.44. The maximum absolute atomic E-state index is 14.3. The highest BCUT2D eigenvalue weighted by Gasteiger charge is 2.33. The molecular formula is C34H32F3N5O. The molecule has 2 saturated heterocycles. The standard InChI is InChI=1S/C34H32F3N5O/c35-34(36,37)27-11-8-23(9-12-27)21-39-32-19-30(33(43)42-16-4-7-28(42)22-41-14-1-2-15-41)29-18-26(10-13-31(29)40-32)25-6-3-5-24(17-25)20-38/h3,5-6,8-13,17-19,28H,1-2,4,7,14-16,21-22H2,(H,39,40)/t28-/m0/s1. The number of aromatic nitrogens is 1. The van der Waals surface area contributed by atoms with Gasteiger partial charge in [-0.2, -0.15) is 18.4 Å². The van der Waals surface area contributed by atoms with E-state index in [2.05, 4.69) is 16.3 Å². The third-order valence-electron chi connectivity index (χ3n) is 8.42. The van der Waals surface area contributed by atoms with Crippen molar-refractivity contribution in [3.05, 3.63) is 95.1 Å². The van der Waals surface area contributed by atoms with Gasteiger partial charge in [-0.15, -0.1) is 0 Å². The summed E-state index contributed by atoms with van der Waals surface area (Å²) in [5.74, 6) is 0.430. The van der Waals surface area contributed by atoms with Crippen LogP contribution in [0.2, 0.25) is 0 Å². The van der Waals surface area contributed by atoms with E-state index in [1.807, 2.05) is 41.3 Å². The molecule has 3 heterocycles. The molecular weight excluding hydrogens is 551 g/mol. The molecule has 2 aliphatic rings. The number of fused-ring (bicyclic) bond motifs is 1. The van der Waals surface area contributed by atoms with Crippen LogP contribution in [-0.2, 0) is 12.7 Å². The van der Waals surface area contributed by atoms with Crippen molar-refractivity contribution in [3.63, 3.8) is 0 Å². The van der Waals surface area contributed by atoms with Crippen LogP contribution in [0.3, 0.4) is 0 Å².